The lowest BCUT2D eigenvalue weighted by Gasteiger charge is -2.25. The molecule has 0 fully saturated rings. The van der Waals surface area contributed by atoms with Crippen LogP contribution in [0.1, 0.15) is 49.9 Å². The van der Waals surface area contributed by atoms with Gasteiger partial charge in [-0.05, 0) is 45.4 Å². The van der Waals surface area contributed by atoms with Crippen molar-refractivity contribution in [3.05, 3.63) is 53.6 Å². The first-order valence-electron chi connectivity index (χ1n) is 11.4. The number of methoxy groups -OCH3 is 3. The van der Waals surface area contributed by atoms with Gasteiger partial charge in [-0.25, -0.2) is 18.4 Å². The summed E-state index contributed by atoms with van der Waals surface area (Å²) in [5.41, 5.74) is 1.34. The van der Waals surface area contributed by atoms with Crippen LogP contribution in [-0.4, -0.2) is 65.8 Å². The molecule has 0 aliphatic rings. The molecule has 3 rings (SSSR count). The molecule has 196 valence electrons. The first kappa shape index (κ1) is 27.5. The summed E-state index contributed by atoms with van der Waals surface area (Å²) in [7, 11) is 0.723. The van der Waals surface area contributed by atoms with Crippen LogP contribution in [0.2, 0.25) is 0 Å². The van der Waals surface area contributed by atoms with Gasteiger partial charge in [0.05, 0.1) is 25.6 Å². The molecule has 12 heteroatoms. The number of hydrogen-bond donors (Lipinski definition) is 0. The maximum absolute atomic E-state index is 13.7. The minimum absolute atomic E-state index is 0.0973. The molecule has 0 N–H and O–H groups in total. The molecule has 3 aromatic rings. The monoisotopic (exact) mass is 519 g/mol. The fraction of sp³-hybridized carbons (Fsp3) is 0.500. The number of hydrogen-bond acceptors (Lipinski definition) is 10. The highest BCUT2D eigenvalue weighted by atomic mass is 32.2. The van der Waals surface area contributed by atoms with Crippen molar-refractivity contribution < 1.29 is 27.4 Å². The van der Waals surface area contributed by atoms with Gasteiger partial charge in [0.15, 0.2) is 27.3 Å². The van der Waals surface area contributed by atoms with E-state index in [0.29, 0.717) is 28.8 Å². The summed E-state index contributed by atoms with van der Waals surface area (Å²) in [6.45, 7) is 7.22. The van der Waals surface area contributed by atoms with E-state index in [1.165, 1.54) is 21.3 Å². The van der Waals surface area contributed by atoms with Gasteiger partial charge in [-0.1, -0.05) is 6.07 Å². The minimum atomic E-state index is -3.84. The number of ether oxygens (including phenoxy) is 4. The summed E-state index contributed by atoms with van der Waals surface area (Å²) in [6, 6.07) is 5.27. The highest BCUT2D eigenvalue weighted by molar-refractivity contribution is 7.91. The molecule has 0 amide bonds. The Bertz CT molecular complexity index is 1240. The molecule has 11 nitrogen and oxygen atoms in total. The molecule has 2 atom stereocenters. The summed E-state index contributed by atoms with van der Waals surface area (Å²) < 4.78 is 51.4. The third-order valence-electron chi connectivity index (χ3n) is 5.49. The van der Waals surface area contributed by atoms with Crippen LogP contribution in [0, 0.1) is 6.92 Å². The van der Waals surface area contributed by atoms with Crippen molar-refractivity contribution in [2.24, 2.45) is 0 Å². The Kier molecular flexibility index (Phi) is 8.98. The van der Waals surface area contributed by atoms with Crippen LogP contribution >= 0.6 is 0 Å². The van der Waals surface area contributed by atoms with Crippen molar-refractivity contribution in [2.45, 2.75) is 57.5 Å². The van der Waals surface area contributed by atoms with Crippen LogP contribution in [0.3, 0.4) is 0 Å². The highest BCUT2D eigenvalue weighted by Crippen LogP contribution is 2.35. The molecule has 2 aromatic heterocycles. The minimum Gasteiger partial charge on any atom is -0.494 e. The summed E-state index contributed by atoms with van der Waals surface area (Å²) >= 11 is 0. The first-order chi connectivity index (χ1) is 17.1. The summed E-state index contributed by atoms with van der Waals surface area (Å²) in [5.74, 6) is 1.40. The average Bonchev–Trinajstić information content (AvgIpc) is 3.22. The smallest absolute Gasteiger partial charge is 0.163 e. The Morgan fingerprint density at radius 2 is 1.53 bits per heavy atom. The van der Waals surface area contributed by atoms with E-state index in [1.807, 2.05) is 20.8 Å². The zero-order valence-corrected chi connectivity index (χ0v) is 22.4. The molecule has 0 unspecified atom stereocenters. The molecule has 0 aliphatic carbocycles. The Hall–Kier alpha value is -3.09. The third kappa shape index (κ3) is 6.00. The van der Waals surface area contributed by atoms with Gasteiger partial charge in [-0.3, -0.25) is 4.57 Å². The number of rotatable bonds is 12. The number of para-hydroxylation sites is 1. The average molecular weight is 520 g/mol. The Balaban J connectivity index is 2.07. The summed E-state index contributed by atoms with van der Waals surface area (Å²) in [4.78, 5) is 8.66. The van der Waals surface area contributed by atoms with Gasteiger partial charge in [0, 0.05) is 19.5 Å². The fourth-order valence-corrected chi connectivity index (χ4v) is 5.08. The van der Waals surface area contributed by atoms with Gasteiger partial charge in [0.2, 0.25) is 0 Å². The van der Waals surface area contributed by atoms with E-state index in [0.717, 1.165) is 5.56 Å². The molecular weight excluding hydrogens is 486 g/mol. The predicted molar refractivity (Wildman–Crippen MR) is 133 cm³/mol. The van der Waals surface area contributed by atoms with Gasteiger partial charge in [-0.2, -0.15) is 0 Å². The lowest BCUT2D eigenvalue weighted by atomic mass is 10.2. The van der Waals surface area contributed by atoms with Gasteiger partial charge in [0.1, 0.15) is 35.7 Å². The maximum Gasteiger partial charge on any atom is 0.163 e. The fourth-order valence-electron chi connectivity index (χ4n) is 3.70. The lowest BCUT2D eigenvalue weighted by molar-refractivity contribution is 0.00141. The predicted octanol–water partition coefficient (Wildman–Crippen LogP) is 3.00. The standard InChI is InChI=1S/C24H33N5O6S/c1-15(2)35-23(24-25-11-16(3)12-26-24)17(4)36(30,31)14-21-28-27-20(13-32-5)29(21)22-18(33-6)9-8-10-19(22)34-7/h8-12,15,17,23H,13-14H2,1-7H3/t17-,23+/m0/s1. The van der Waals surface area contributed by atoms with E-state index in [4.69, 9.17) is 18.9 Å². The molecule has 0 aliphatic heterocycles. The first-order valence-corrected chi connectivity index (χ1v) is 13.1. The van der Waals surface area contributed by atoms with E-state index < -0.39 is 26.9 Å². The van der Waals surface area contributed by atoms with Crippen molar-refractivity contribution in [3.8, 4) is 17.2 Å². The van der Waals surface area contributed by atoms with Gasteiger partial charge >= 0.3 is 0 Å². The van der Waals surface area contributed by atoms with E-state index in [9.17, 15) is 8.42 Å². The van der Waals surface area contributed by atoms with Crippen LogP contribution in [0.4, 0.5) is 0 Å². The maximum atomic E-state index is 13.7. The SMILES string of the molecule is COCc1nnc(CS(=O)(=O)[C@@H](C)[C@@H](OC(C)C)c2ncc(C)cn2)n1-c1c(OC)cccc1OC. The van der Waals surface area contributed by atoms with E-state index >= 15 is 0 Å². The topological polar surface area (TPSA) is 128 Å². The third-order valence-corrected chi connectivity index (χ3v) is 7.53. The molecule has 2 heterocycles. The van der Waals surface area contributed by atoms with Gasteiger partial charge in [-0.15, -0.1) is 10.2 Å². The Morgan fingerprint density at radius 1 is 0.944 bits per heavy atom. The van der Waals surface area contributed by atoms with Crippen LogP contribution in [0.15, 0.2) is 30.6 Å². The number of sulfone groups is 1. The van der Waals surface area contributed by atoms with E-state index in [-0.39, 0.29) is 18.5 Å². The van der Waals surface area contributed by atoms with Crippen molar-refractivity contribution in [2.75, 3.05) is 21.3 Å². The van der Waals surface area contributed by atoms with E-state index in [1.54, 1.807) is 42.1 Å². The van der Waals surface area contributed by atoms with Crippen molar-refractivity contribution in [3.63, 3.8) is 0 Å². The largest absolute Gasteiger partial charge is 0.494 e. The van der Waals surface area contributed by atoms with Gasteiger partial charge in [0.25, 0.3) is 0 Å². The van der Waals surface area contributed by atoms with Crippen molar-refractivity contribution in [1.29, 1.82) is 0 Å². The normalized spacial score (nSPS) is 13.6. The molecule has 0 saturated carbocycles. The molecular formula is C24H33N5O6S. The molecule has 0 saturated heterocycles. The number of aryl methyl sites for hydroxylation is 1. The lowest BCUT2D eigenvalue weighted by Crippen LogP contribution is -2.32. The Labute approximate surface area is 211 Å². The quantitative estimate of drug-likeness (QED) is 0.352. The van der Waals surface area contributed by atoms with Crippen LogP contribution in [0.25, 0.3) is 5.69 Å². The van der Waals surface area contributed by atoms with Crippen LogP contribution in [0.5, 0.6) is 11.5 Å². The molecule has 36 heavy (non-hydrogen) atoms. The zero-order chi connectivity index (χ0) is 26.5. The molecule has 0 radical (unpaired) electrons. The summed E-state index contributed by atoms with van der Waals surface area (Å²) in [5, 5.41) is 7.43. The van der Waals surface area contributed by atoms with Crippen LogP contribution in [-0.2, 0) is 31.7 Å². The second-order valence-electron chi connectivity index (χ2n) is 8.55. The molecule has 0 spiro atoms. The number of aromatic nitrogens is 5. The van der Waals surface area contributed by atoms with Crippen molar-refractivity contribution >= 4 is 9.84 Å². The molecule has 0 bridgehead atoms. The van der Waals surface area contributed by atoms with E-state index in [2.05, 4.69) is 20.2 Å². The number of nitrogens with zero attached hydrogens (tertiary/aromatic N) is 5. The second kappa shape index (κ2) is 11.8. The Morgan fingerprint density at radius 3 is 2.06 bits per heavy atom. The zero-order valence-electron chi connectivity index (χ0n) is 21.6. The van der Waals surface area contributed by atoms with Crippen LogP contribution < -0.4 is 9.47 Å². The highest BCUT2D eigenvalue weighted by Gasteiger charge is 2.36. The summed E-state index contributed by atoms with van der Waals surface area (Å²) in [6.07, 6.45) is 2.17. The number of benzene rings is 1. The van der Waals surface area contributed by atoms with Crippen molar-refractivity contribution in [1.82, 2.24) is 24.7 Å². The van der Waals surface area contributed by atoms with Gasteiger partial charge < -0.3 is 18.9 Å². The second-order valence-corrected chi connectivity index (χ2v) is 10.9. The molecule has 1 aromatic carbocycles.